The highest BCUT2D eigenvalue weighted by atomic mass is 16.2. The van der Waals surface area contributed by atoms with Gasteiger partial charge in [0.15, 0.2) is 0 Å². The molecule has 0 radical (unpaired) electrons. The van der Waals surface area contributed by atoms with Crippen LogP contribution in [0.4, 0.5) is 0 Å². The minimum atomic E-state index is -0.440. The van der Waals surface area contributed by atoms with E-state index in [9.17, 15) is 9.59 Å². The molecule has 0 bridgehead atoms. The lowest BCUT2D eigenvalue weighted by Crippen LogP contribution is -2.42. The Bertz CT molecular complexity index is 219. The van der Waals surface area contributed by atoms with E-state index in [-0.39, 0.29) is 11.8 Å². The van der Waals surface area contributed by atoms with Gasteiger partial charge in [-0.3, -0.25) is 9.59 Å². The molecule has 0 aromatic rings. The second-order valence-electron chi connectivity index (χ2n) is 3.58. The summed E-state index contributed by atoms with van der Waals surface area (Å²) in [4.78, 5) is 24.1. The van der Waals surface area contributed by atoms with Crippen molar-refractivity contribution in [2.75, 3.05) is 20.6 Å². The zero-order chi connectivity index (χ0) is 11.8. The third-order valence-corrected chi connectivity index (χ3v) is 2.25. The van der Waals surface area contributed by atoms with Gasteiger partial charge >= 0.3 is 0 Å². The molecule has 0 aliphatic rings. The summed E-state index contributed by atoms with van der Waals surface area (Å²) in [5.41, 5.74) is 5.68. The van der Waals surface area contributed by atoms with Crippen molar-refractivity contribution in [1.29, 1.82) is 0 Å². The molecule has 0 heterocycles. The van der Waals surface area contributed by atoms with Crippen LogP contribution in [0, 0.1) is 0 Å². The number of amides is 2. The molecule has 0 aliphatic carbocycles. The highest BCUT2D eigenvalue weighted by Gasteiger charge is 2.17. The number of nitrogens with two attached hydrogens (primary N) is 1. The Balaban J connectivity index is 3.93. The predicted octanol–water partition coefficient (Wildman–Crippen LogP) is -0.292. The average Bonchev–Trinajstić information content (AvgIpc) is 2.24. The van der Waals surface area contributed by atoms with Gasteiger partial charge in [-0.2, -0.15) is 0 Å². The molecule has 0 saturated heterocycles. The van der Waals surface area contributed by atoms with E-state index in [4.69, 9.17) is 5.73 Å². The maximum absolute atomic E-state index is 11.6. The zero-order valence-electron chi connectivity index (χ0n) is 9.75. The van der Waals surface area contributed by atoms with Crippen LogP contribution in [0.3, 0.4) is 0 Å². The summed E-state index contributed by atoms with van der Waals surface area (Å²) >= 11 is 0. The topological polar surface area (TPSA) is 75.4 Å². The third kappa shape index (κ3) is 5.37. The van der Waals surface area contributed by atoms with Crippen molar-refractivity contribution < 1.29 is 9.59 Å². The molecule has 5 nitrogen and oxygen atoms in total. The third-order valence-electron chi connectivity index (χ3n) is 2.25. The fraction of sp³-hybridized carbons (Fsp3) is 0.800. The molecule has 0 spiro atoms. The normalized spacial score (nSPS) is 12.0. The van der Waals surface area contributed by atoms with E-state index in [2.05, 4.69) is 5.32 Å². The van der Waals surface area contributed by atoms with Crippen LogP contribution in [0.15, 0.2) is 0 Å². The molecule has 2 amide bonds. The van der Waals surface area contributed by atoms with Crippen LogP contribution in [-0.4, -0.2) is 43.4 Å². The van der Waals surface area contributed by atoms with E-state index in [1.807, 2.05) is 6.92 Å². The quantitative estimate of drug-likeness (QED) is 0.639. The zero-order valence-corrected chi connectivity index (χ0v) is 9.75. The second-order valence-corrected chi connectivity index (χ2v) is 3.58. The summed E-state index contributed by atoms with van der Waals surface area (Å²) < 4.78 is 0. The molecule has 5 heteroatoms. The number of likely N-dealkylation sites (N-methyl/N-ethyl adjacent to an activating group) is 1. The number of nitrogens with zero attached hydrogens (tertiary/aromatic N) is 1. The summed E-state index contributed by atoms with van der Waals surface area (Å²) in [6, 6.07) is -0.440. The Kier molecular flexibility index (Phi) is 6.70. The highest BCUT2D eigenvalue weighted by Crippen LogP contribution is 1.99. The molecule has 3 N–H and O–H groups in total. The summed E-state index contributed by atoms with van der Waals surface area (Å²) in [5.74, 6) is -0.167. The number of carbonyl (C=O) groups is 2. The second kappa shape index (κ2) is 7.23. The van der Waals surface area contributed by atoms with Gasteiger partial charge in [-0.15, -0.1) is 0 Å². The Morgan fingerprint density at radius 3 is 2.53 bits per heavy atom. The van der Waals surface area contributed by atoms with Crippen molar-refractivity contribution in [1.82, 2.24) is 10.2 Å². The van der Waals surface area contributed by atoms with Crippen LogP contribution in [0.5, 0.6) is 0 Å². The highest BCUT2D eigenvalue weighted by molar-refractivity contribution is 5.82. The monoisotopic (exact) mass is 215 g/mol. The van der Waals surface area contributed by atoms with Gasteiger partial charge in [-0.05, 0) is 6.42 Å². The molecular formula is C10H21N3O2. The minimum absolute atomic E-state index is 0.0706. The molecule has 15 heavy (non-hydrogen) atoms. The number of hydrogen-bond acceptors (Lipinski definition) is 3. The van der Waals surface area contributed by atoms with Gasteiger partial charge in [0.05, 0.1) is 6.04 Å². The lowest BCUT2D eigenvalue weighted by atomic mass is 10.1. The van der Waals surface area contributed by atoms with Gasteiger partial charge in [0.25, 0.3) is 0 Å². The van der Waals surface area contributed by atoms with Crippen LogP contribution in [0.25, 0.3) is 0 Å². The van der Waals surface area contributed by atoms with Crippen molar-refractivity contribution in [3.05, 3.63) is 0 Å². The predicted molar refractivity (Wildman–Crippen MR) is 59.2 cm³/mol. The van der Waals surface area contributed by atoms with E-state index >= 15 is 0 Å². The number of carbonyl (C=O) groups excluding carboxylic acids is 2. The van der Waals surface area contributed by atoms with Gasteiger partial charge in [0, 0.05) is 27.1 Å². The minimum Gasteiger partial charge on any atom is -0.359 e. The molecular weight excluding hydrogens is 194 g/mol. The molecule has 0 aromatic heterocycles. The SMILES string of the molecule is CCC[C@@H](N)C(=O)N(C)CCC(=O)NC. The summed E-state index contributed by atoms with van der Waals surface area (Å²) in [6.07, 6.45) is 1.89. The van der Waals surface area contributed by atoms with Gasteiger partial charge in [0.2, 0.25) is 11.8 Å². The summed E-state index contributed by atoms with van der Waals surface area (Å²) in [7, 11) is 3.24. The van der Waals surface area contributed by atoms with Crippen molar-refractivity contribution in [3.8, 4) is 0 Å². The lowest BCUT2D eigenvalue weighted by Gasteiger charge is -2.20. The Morgan fingerprint density at radius 1 is 1.47 bits per heavy atom. The van der Waals surface area contributed by atoms with Crippen LogP contribution in [0.1, 0.15) is 26.2 Å². The Morgan fingerprint density at radius 2 is 2.07 bits per heavy atom. The van der Waals surface area contributed by atoms with Crippen LogP contribution in [0.2, 0.25) is 0 Å². The van der Waals surface area contributed by atoms with Crippen molar-refractivity contribution >= 4 is 11.8 Å². The first kappa shape index (κ1) is 13.9. The van der Waals surface area contributed by atoms with E-state index in [1.54, 1.807) is 14.1 Å². The van der Waals surface area contributed by atoms with Crippen LogP contribution >= 0.6 is 0 Å². The number of rotatable bonds is 6. The molecule has 88 valence electrons. The number of hydrogen-bond donors (Lipinski definition) is 2. The molecule has 0 saturated carbocycles. The van der Waals surface area contributed by atoms with Gasteiger partial charge in [-0.25, -0.2) is 0 Å². The first-order chi connectivity index (χ1) is 7.02. The van der Waals surface area contributed by atoms with E-state index < -0.39 is 6.04 Å². The average molecular weight is 215 g/mol. The van der Waals surface area contributed by atoms with Gasteiger partial charge in [-0.1, -0.05) is 13.3 Å². The van der Waals surface area contributed by atoms with Crippen LogP contribution < -0.4 is 11.1 Å². The fourth-order valence-corrected chi connectivity index (χ4v) is 1.22. The van der Waals surface area contributed by atoms with Crippen molar-refractivity contribution in [3.63, 3.8) is 0 Å². The lowest BCUT2D eigenvalue weighted by molar-refractivity contribution is -0.132. The Hall–Kier alpha value is -1.10. The van der Waals surface area contributed by atoms with Crippen LogP contribution in [-0.2, 0) is 9.59 Å². The largest absolute Gasteiger partial charge is 0.359 e. The smallest absolute Gasteiger partial charge is 0.239 e. The molecule has 1 atom stereocenters. The van der Waals surface area contributed by atoms with Crippen molar-refractivity contribution in [2.45, 2.75) is 32.2 Å². The first-order valence-electron chi connectivity index (χ1n) is 5.24. The van der Waals surface area contributed by atoms with Gasteiger partial charge < -0.3 is 16.0 Å². The van der Waals surface area contributed by atoms with E-state index in [0.29, 0.717) is 19.4 Å². The summed E-state index contributed by atoms with van der Waals surface area (Å²) in [6.45, 7) is 2.40. The maximum Gasteiger partial charge on any atom is 0.239 e. The maximum atomic E-state index is 11.6. The molecule has 0 rings (SSSR count). The molecule has 0 fully saturated rings. The van der Waals surface area contributed by atoms with E-state index in [1.165, 1.54) is 4.90 Å². The molecule has 0 unspecified atom stereocenters. The Labute approximate surface area is 91.0 Å². The van der Waals surface area contributed by atoms with E-state index in [0.717, 1.165) is 6.42 Å². The standard InChI is InChI=1S/C10H21N3O2/c1-4-5-8(11)10(15)13(3)7-6-9(14)12-2/h8H,4-7,11H2,1-3H3,(H,12,14)/t8-/m1/s1. The summed E-state index contributed by atoms with van der Waals surface area (Å²) in [5, 5.41) is 2.51. The fourth-order valence-electron chi connectivity index (χ4n) is 1.22. The number of nitrogens with one attached hydrogen (secondary N) is 1. The van der Waals surface area contributed by atoms with Crippen molar-refractivity contribution in [2.24, 2.45) is 5.73 Å². The molecule has 0 aromatic carbocycles. The molecule has 0 aliphatic heterocycles. The first-order valence-corrected chi connectivity index (χ1v) is 5.24. The van der Waals surface area contributed by atoms with Gasteiger partial charge in [0.1, 0.15) is 0 Å².